The van der Waals surface area contributed by atoms with Crippen molar-refractivity contribution in [1.29, 1.82) is 0 Å². The third-order valence-corrected chi connectivity index (χ3v) is 6.36. The number of carbonyl (C=O) groups is 1. The number of nitrogens with zero attached hydrogens (tertiary/aromatic N) is 1. The van der Waals surface area contributed by atoms with Gasteiger partial charge in [-0.3, -0.25) is 4.31 Å². The minimum atomic E-state index is -3.33. The lowest BCUT2D eigenvalue weighted by atomic mass is 10.1. The molecule has 26 heavy (non-hydrogen) atoms. The van der Waals surface area contributed by atoms with E-state index < -0.39 is 16.1 Å². The summed E-state index contributed by atoms with van der Waals surface area (Å²) in [7, 11) is -3.33. The number of sulfonamides is 1. The summed E-state index contributed by atoms with van der Waals surface area (Å²) < 4.78 is 25.8. The first-order chi connectivity index (χ1) is 12.3. The van der Waals surface area contributed by atoms with Crippen LogP contribution < -0.4 is 14.9 Å². The van der Waals surface area contributed by atoms with Crippen molar-refractivity contribution in [1.82, 2.24) is 0 Å². The number of amides is 2. The summed E-state index contributed by atoms with van der Waals surface area (Å²) in [6.07, 6.45) is 0.667. The van der Waals surface area contributed by atoms with Crippen LogP contribution in [-0.2, 0) is 16.4 Å². The van der Waals surface area contributed by atoms with E-state index in [0.29, 0.717) is 35.1 Å². The van der Waals surface area contributed by atoms with E-state index in [1.807, 2.05) is 19.1 Å². The molecular formula is C18H20ClN3O3S. The van der Waals surface area contributed by atoms with Crippen LogP contribution >= 0.6 is 11.6 Å². The smallest absolute Gasteiger partial charge is 0.308 e. The molecule has 2 amide bonds. The second-order valence-corrected chi connectivity index (χ2v) is 8.72. The standard InChI is InChI=1S/C18H20ClN3O3S/c1-3-26(24,25)22-9-8-13-5-6-14(11-17(13)22)20-18(23)21-16-7-4-12(2)10-15(16)19/h4-7,10-11H,3,8-9H2,1-2H3,(H2,20,21,23). The molecule has 138 valence electrons. The second kappa shape index (κ2) is 7.17. The molecule has 3 rings (SSSR count). The highest BCUT2D eigenvalue weighted by molar-refractivity contribution is 7.92. The van der Waals surface area contributed by atoms with Crippen LogP contribution in [0.4, 0.5) is 21.9 Å². The first-order valence-corrected chi connectivity index (χ1v) is 10.3. The third kappa shape index (κ3) is 3.78. The zero-order chi connectivity index (χ0) is 18.9. The van der Waals surface area contributed by atoms with E-state index in [1.54, 1.807) is 31.2 Å². The van der Waals surface area contributed by atoms with Gasteiger partial charge in [-0.15, -0.1) is 0 Å². The van der Waals surface area contributed by atoms with Gasteiger partial charge in [0.15, 0.2) is 0 Å². The van der Waals surface area contributed by atoms with Crippen molar-refractivity contribution in [2.75, 3.05) is 27.2 Å². The number of anilines is 3. The van der Waals surface area contributed by atoms with E-state index in [1.165, 1.54) is 4.31 Å². The molecule has 0 aliphatic carbocycles. The minimum Gasteiger partial charge on any atom is -0.308 e. The van der Waals surface area contributed by atoms with Crippen LogP contribution in [0.1, 0.15) is 18.1 Å². The number of rotatable bonds is 4. The molecule has 2 aromatic carbocycles. The van der Waals surface area contributed by atoms with Crippen molar-refractivity contribution in [2.45, 2.75) is 20.3 Å². The lowest BCUT2D eigenvalue weighted by molar-refractivity contribution is 0.262. The Bertz CT molecular complexity index is 960. The van der Waals surface area contributed by atoms with Crippen molar-refractivity contribution < 1.29 is 13.2 Å². The van der Waals surface area contributed by atoms with Crippen LogP contribution in [0.25, 0.3) is 0 Å². The van der Waals surface area contributed by atoms with Gasteiger partial charge in [0, 0.05) is 12.2 Å². The quantitative estimate of drug-likeness (QED) is 0.823. The van der Waals surface area contributed by atoms with Crippen molar-refractivity contribution in [3.63, 3.8) is 0 Å². The van der Waals surface area contributed by atoms with Gasteiger partial charge in [-0.2, -0.15) is 0 Å². The minimum absolute atomic E-state index is 0.0382. The maximum absolute atomic E-state index is 12.2. The second-order valence-electron chi connectivity index (χ2n) is 6.13. The molecule has 1 aliphatic rings. The van der Waals surface area contributed by atoms with Gasteiger partial charge >= 0.3 is 6.03 Å². The molecule has 6 nitrogen and oxygen atoms in total. The summed E-state index contributed by atoms with van der Waals surface area (Å²) in [5, 5.41) is 5.87. The predicted molar refractivity (Wildman–Crippen MR) is 106 cm³/mol. The number of urea groups is 1. The van der Waals surface area contributed by atoms with Gasteiger partial charge in [-0.05, 0) is 55.7 Å². The van der Waals surface area contributed by atoms with E-state index in [9.17, 15) is 13.2 Å². The average molecular weight is 394 g/mol. The topological polar surface area (TPSA) is 78.5 Å². The largest absolute Gasteiger partial charge is 0.323 e. The summed E-state index contributed by atoms with van der Waals surface area (Å²) in [6, 6.07) is 10.2. The molecule has 8 heteroatoms. The number of fused-ring (bicyclic) bond motifs is 1. The normalized spacial score (nSPS) is 13.4. The summed E-state index contributed by atoms with van der Waals surface area (Å²) in [5.74, 6) is 0.0382. The monoisotopic (exact) mass is 393 g/mol. The maximum Gasteiger partial charge on any atom is 0.323 e. The van der Waals surface area contributed by atoms with Crippen LogP contribution in [0, 0.1) is 6.92 Å². The molecule has 0 aromatic heterocycles. The van der Waals surface area contributed by atoms with Gasteiger partial charge in [0.25, 0.3) is 0 Å². The molecule has 1 heterocycles. The third-order valence-electron chi connectivity index (χ3n) is 4.27. The lowest BCUT2D eigenvalue weighted by Gasteiger charge is -2.19. The van der Waals surface area contributed by atoms with Crippen LogP contribution in [0.3, 0.4) is 0 Å². The number of benzene rings is 2. The molecule has 0 saturated heterocycles. The fourth-order valence-electron chi connectivity index (χ4n) is 2.88. The number of aryl methyl sites for hydroxylation is 1. The molecule has 0 unspecified atom stereocenters. The van der Waals surface area contributed by atoms with Crippen LogP contribution in [0.5, 0.6) is 0 Å². The van der Waals surface area contributed by atoms with Gasteiger partial charge in [-0.1, -0.05) is 23.7 Å². The zero-order valence-corrected chi connectivity index (χ0v) is 16.1. The number of halogens is 1. The van der Waals surface area contributed by atoms with E-state index in [4.69, 9.17) is 11.6 Å². The van der Waals surface area contributed by atoms with Crippen LogP contribution in [-0.4, -0.2) is 26.7 Å². The Morgan fingerprint density at radius 3 is 2.65 bits per heavy atom. The van der Waals surface area contributed by atoms with Crippen molar-refractivity contribution in [3.05, 3.63) is 52.5 Å². The SMILES string of the molecule is CCS(=O)(=O)N1CCc2ccc(NC(=O)Nc3ccc(C)cc3Cl)cc21. The van der Waals surface area contributed by atoms with Crippen molar-refractivity contribution in [2.24, 2.45) is 0 Å². The lowest BCUT2D eigenvalue weighted by Crippen LogP contribution is -2.30. The Morgan fingerprint density at radius 2 is 1.96 bits per heavy atom. The molecular weight excluding hydrogens is 374 g/mol. The van der Waals surface area contributed by atoms with Gasteiger partial charge in [0.1, 0.15) is 0 Å². The summed E-state index contributed by atoms with van der Waals surface area (Å²) in [6.45, 7) is 3.96. The molecule has 0 bridgehead atoms. The van der Waals surface area contributed by atoms with E-state index >= 15 is 0 Å². The highest BCUT2D eigenvalue weighted by atomic mass is 35.5. The maximum atomic E-state index is 12.2. The average Bonchev–Trinajstić information content (AvgIpc) is 3.01. The predicted octanol–water partition coefficient (Wildman–Crippen LogP) is 4.00. The molecule has 0 atom stereocenters. The molecule has 2 aromatic rings. The van der Waals surface area contributed by atoms with Gasteiger partial charge in [0.05, 0.1) is 22.2 Å². The molecule has 0 radical (unpaired) electrons. The molecule has 0 spiro atoms. The Kier molecular flexibility index (Phi) is 5.11. The Balaban J connectivity index is 1.77. The highest BCUT2D eigenvalue weighted by Crippen LogP contribution is 2.33. The Morgan fingerprint density at radius 1 is 1.19 bits per heavy atom. The number of hydrogen-bond donors (Lipinski definition) is 2. The summed E-state index contributed by atoms with van der Waals surface area (Å²) in [4.78, 5) is 12.2. The molecule has 2 N–H and O–H groups in total. The first kappa shape index (κ1) is 18.5. The van der Waals surface area contributed by atoms with Gasteiger partial charge in [0.2, 0.25) is 10.0 Å². The number of nitrogens with one attached hydrogen (secondary N) is 2. The number of hydrogen-bond acceptors (Lipinski definition) is 3. The molecule has 0 fully saturated rings. The van der Waals surface area contributed by atoms with Crippen molar-refractivity contribution >= 4 is 44.7 Å². The van der Waals surface area contributed by atoms with E-state index in [0.717, 1.165) is 11.1 Å². The van der Waals surface area contributed by atoms with E-state index in [2.05, 4.69) is 10.6 Å². The first-order valence-electron chi connectivity index (χ1n) is 8.27. The Hall–Kier alpha value is -2.25. The van der Waals surface area contributed by atoms with Gasteiger partial charge < -0.3 is 10.6 Å². The fraction of sp³-hybridized carbons (Fsp3) is 0.278. The van der Waals surface area contributed by atoms with Crippen molar-refractivity contribution in [3.8, 4) is 0 Å². The Labute approximate surface area is 158 Å². The van der Waals surface area contributed by atoms with Crippen LogP contribution in [0.2, 0.25) is 5.02 Å². The molecule has 0 saturated carbocycles. The summed E-state index contributed by atoms with van der Waals surface area (Å²) >= 11 is 6.12. The number of carbonyl (C=O) groups excluding carboxylic acids is 1. The molecule has 1 aliphatic heterocycles. The van der Waals surface area contributed by atoms with Gasteiger partial charge in [-0.25, -0.2) is 13.2 Å². The van der Waals surface area contributed by atoms with E-state index in [-0.39, 0.29) is 5.75 Å². The highest BCUT2D eigenvalue weighted by Gasteiger charge is 2.28. The fourth-order valence-corrected chi connectivity index (χ4v) is 4.31. The zero-order valence-electron chi connectivity index (χ0n) is 14.5. The van der Waals surface area contributed by atoms with Crippen LogP contribution in [0.15, 0.2) is 36.4 Å². The summed E-state index contributed by atoms with van der Waals surface area (Å²) in [5.41, 5.74) is 3.60.